The maximum Gasteiger partial charge on any atom is 0.316 e. The van der Waals surface area contributed by atoms with Crippen LogP contribution in [0.15, 0.2) is 37.1 Å². The van der Waals surface area contributed by atoms with Crippen molar-refractivity contribution in [2.45, 2.75) is 90.6 Å². The Labute approximate surface area is 299 Å². The molecule has 3 fully saturated rings. The molecule has 268 valence electrons. The van der Waals surface area contributed by atoms with E-state index in [0.29, 0.717) is 40.8 Å². The van der Waals surface area contributed by atoms with Crippen LogP contribution in [0.1, 0.15) is 83.3 Å². The van der Waals surface area contributed by atoms with Gasteiger partial charge in [-0.2, -0.15) is 0 Å². The largest absolute Gasteiger partial charge is 0.497 e. The Morgan fingerprint density at radius 2 is 1.84 bits per heavy atom. The number of carbonyl (C=O) groups excluding carboxylic acids is 3. The fraction of sp³-hybridized carbons (Fsp3) is 0.632. The lowest BCUT2D eigenvalue weighted by Gasteiger charge is -2.61. The maximum absolute atomic E-state index is 13.7. The number of rotatable bonds is 11. The highest BCUT2D eigenvalue weighted by Crippen LogP contribution is 2.68. The lowest BCUT2D eigenvalue weighted by molar-refractivity contribution is -0.205. The first-order valence-electron chi connectivity index (χ1n) is 17.2. The topological polar surface area (TPSA) is 124 Å². The highest BCUT2D eigenvalue weighted by molar-refractivity contribution is 8.01. The van der Waals surface area contributed by atoms with Gasteiger partial charge in [-0.1, -0.05) is 33.8 Å². The first kappa shape index (κ1) is 37.4. The summed E-state index contributed by atoms with van der Waals surface area (Å²) < 4.78 is 16.7. The fourth-order valence-electron chi connectivity index (χ4n) is 8.82. The average Bonchev–Trinajstić information content (AvgIpc) is 3.72. The highest BCUT2D eigenvalue weighted by Gasteiger charge is 2.68. The molecule has 5 rings (SSSR count). The molecule has 8 atom stereocenters. The lowest BCUT2D eigenvalue weighted by atomic mass is 9.44. The van der Waals surface area contributed by atoms with E-state index in [4.69, 9.17) is 14.2 Å². The molecular weight excluding hydrogens is 661 g/mol. The molecule has 0 unspecified atom stereocenters. The molecule has 0 radical (unpaired) electrons. The molecule has 11 heteroatoms. The summed E-state index contributed by atoms with van der Waals surface area (Å²) in [5.74, 6) is 0.795. The molecule has 49 heavy (non-hydrogen) atoms. The van der Waals surface area contributed by atoms with E-state index in [0.717, 1.165) is 24.8 Å². The number of ketones is 1. The SMILES string of the molecule is C=C[C@]1(C)C[C@@H](OC(=O)CSC(C)(C)CNC(=O)c2cnc(-c3cc(OC)cc(OC)c3)s2)[C@]2(C)[C@H](C)CC[C@]3(CCC(=O)[C@H]32)[C@@H](C)[C@@H]1O. The van der Waals surface area contributed by atoms with E-state index in [1.54, 1.807) is 26.5 Å². The Morgan fingerprint density at radius 1 is 1.16 bits per heavy atom. The number of aliphatic hydroxyl groups excluding tert-OH is 1. The molecule has 1 heterocycles. The van der Waals surface area contributed by atoms with Crippen LogP contribution in [0.3, 0.4) is 0 Å². The zero-order valence-corrected chi connectivity index (χ0v) is 31.7. The molecular formula is C38H52N2O7S2. The molecule has 0 spiro atoms. The van der Waals surface area contributed by atoms with Crippen LogP contribution < -0.4 is 14.8 Å². The van der Waals surface area contributed by atoms with Crippen LogP contribution in [-0.4, -0.2) is 71.2 Å². The van der Waals surface area contributed by atoms with Crippen LogP contribution in [0.2, 0.25) is 0 Å². The maximum atomic E-state index is 13.7. The first-order chi connectivity index (χ1) is 23.0. The summed E-state index contributed by atoms with van der Waals surface area (Å²) in [6, 6.07) is 5.46. The van der Waals surface area contributed by atoms with Crippen molar-refractivity contribution in [3.05, 3.63) is 41.9 Å². The standard InChI is InChI=1S/C38H52N2O7S2/c1-10-36(6)18-29(37(7)22(2)11-13-38(23(3)32(36)43)14-12-27(41)31(37)38)47-30(42)20-48-35(4,5)21-40-33(44)28-19-39-34(49-28)24-15-25(45-8)17-26(16-24)46-9/h10,15-17,19,22-23,29,31-32,43H,1,11-14,18,20-21H2,2-9H3,(H,40,44)/t22-,23+,29-,31+,32+,36-,37+,38+/m1/s1. The van der Waals surface area contributed by atoms with Crippen molar-refractivity contribution in [1.29, 1.82) is 0 Å². The summed E-state index contributed by atoms with van der Waals surface area (Å²) in [4.78, 5) is 45.3. The summed E-state index contributed by atoms with van der Waals surface area (Å²) >= 11 is 2.69. The number of nitrogens with zero attached hydrogens (tertiary/aromatic N) is 1. The van der Waals surface area contributed by atoms with Crippen LogP contribution in [0.5, 0.6) is 11.5 Å². The quantitative estimate of drug-likeness (QED) is 0.188. The molecule has 1 aromatic heterocycles. The number of Topliss-reactive ketones (excluding diaryl/α,β-unsaturated/α-hetero) is 1. The highest BCUT2D eigenvalue weighted by atomic mass is 32.2. The van der Waals surface area contributed by atoms with Gasteiger partial charge in [0, 0.05) is 46.1 Å². The second-order valence-electron chi connectivity index (χ2n) is 15.4. The summed E-state index contributed by atoms with van der Waals surface area (Å²) in [5.41, 5.74) is -0.770. The monoisotopic (exact) mass is 712 g/mol. The number of methoxy groups -OCH3 is 2. The molecule has 3 aliphatic rings. The van der Waals surface area contributed by atoms with Gasteiger partial charge in [-0.25, -0.2) is 4.98 Å². The van der Waals surface area contributed by atoms with Crippen LogP contribution in [-0.2, 0) is 14.3 Å². The number of aromatic nitrogens is 1. The Morgan fingerprint density at radius 3 is 2.47 bits per heavy atom. The molecule has 0 aliphatic heterocycles. The first-order valence-corrected chi connectivity index (χ1v) is 19.0. The van der Waals surface area contributed by atoms with Crippen molar-refractivity contribution in [2.24, 2.45) is 34.0 Å². The van der Waals surface area contributed by atoms with Crippen molar-refractivity contribution in [3.8, 4) is 22.1 Å². The minimum Gasteiger partial charge on any atom is -0.497 e. The van der Waals surface area contributed by atoms with Crippen LogP contribution in [0, 0.1) is 34.0 Å². The van der Waals surface area contributed by atoms with Gasteiger partial charge < -0.3 is 24.6 Å². The predicted octanol–water partition coefficient (Wildman–Crippen LogP) is 6.98. The molecule has 2 N–H and O–H groups in total. The van der Waals surface area contributed by atoms with Gasteiger partial charge in [-0.05, 0) is 68.9 Å². The molecule has 2 bridgehead atoms. The zero-order valence-electron chi connectivity index (χ0n) is 30.1. The normalized spacial score (nSPS) is 32.8. The van der Waals surface area contributed by atoms with Crippen molar-refractivity contribution in [2.75, 3.05) is 26.5 Å². The van der Waals surface area contributed by atoms with Crippen molar-refractivity contribution >= 4 is 40.8 Å². The van der Waals surface area contributed by atoms with E-state index in [1.165, 1.54) is 23.1 Å². The summed E-state index contributed by atoms with van der Waals surface area (Å²) in [6.07, 6.45) is 5.59. The summed E-state index contributed by atoms with van der Waals surface area (Å²) in [5, 5.41) is 15.4. The number of benzene rings is 1. The number of nitrogens with one attached hydrogen (secondary N) is 1. The van der Waals surface area contributed by atoms with E-state index < -0.39 is 27.8 Å². The number of thiazole rings is 1. The van der Waals surface area contributed by atoms with E-state index >= 15 is 0 Å². The molecule has 3 saturated carbocycles. The molecule has 1 amide bonds. The fourth-order valence-corrected chi connectivity index (χ4v) is 10.4. The van der Waals surface area contributed by atoms with Crippen LogP contribution >= 0.6 is 23.1 Å². The number of amides is 1. The summed E-state index contributed by atoms with van der Waals surface area (Å²) in [7, 11) is 3.16. The van der Waals surface area contributed by atoms with E-state index in [1.807, 2.05) is 39.0 Å². The predicted molar refractivity (Wildman–Crippen MR) is 194 cm³/mol. The van der Waals surface area contributed by atoms with E-state index in [9.17, 15) is 19.5 Å². The van der Waals surface area contributed by atoms with Gasteiger partial charge in [-0.3, -0.25) is 14.4 Å². The molecule has 0 saturated heterocycles. The number of esters is 1. The van der Waals surface area contributed by atoms with Crippen LogP contribution in [0.25, 0.3) is 10.6 Å². The second kappa shape index (κ2) is 14.0. The number of aliphatic hydroxyl groups is 1. The number of ether oxygens (including phenoxy) is 3. The lowest BCUT2D eigenvalue weighted by Crippen LogP contribution is -2.63. The van der Waals surface area contributed by atoms with Crippen molar-refractivity contribution in [3.63, 3.8) is 0 Å². The van der Waals surface area contributed by atoms with Gasteiger partial charge in [0.05, 0.1) is 32.3 Å². The minimum absolute atomic E-state index is 0.0797. The van der Waals surface area contributed by atoms with Gasteiger partial charge in [0.15, 0.2) is 0 Å². The van der Waals surface area contributed by atoms with Crippen LogP contribution in [0.4, 0.5) is 0 Å². The van der Waals surface area contributed by atoms with Crippen molar-refractivity contribution in [1.82, 2.24) is 10.3 Å². The Bertz CT molecular complexity index is 1570. The molecule has 9 nitrogen and oxygen atoms in total. The van der Waals surface area contributed by atoms with E-state index in [-0.39, 0.29) is 46.6 Å². The summed E-state index contributed by atoms with van der Waals surface area (Å²) in [6.45, 7) is 16.8. The van der Waals surface area contributed by atoms with Crippen molar-refractivity contribution < 1.29 is 33.7 Å². The van der Waals surface area contributed by atoms with Gasteiger partial charge in [-0.15, -0.1) is 29.7 Å². The minimum atomic E-state index is -0.706. The van der Waals surface area contributed by atoms with Gasteiger partial charge in [0.2, 0.25) is 0 Å². The number of hydrogen-bond acceptors (Lipinski definition) is 10. The van der Waals surface area contributed by atoms with Gasteiger partial charge >= 0.3 is 5.97 Å². The Balaban J connectivity index is 1.25. The average molecular weight is 713 g/mol. The number of carbonyl (C=O) groups is 3. The molecule has 1 aromatic carbocycles. The third-order valence-electron chi connectivity index (χ3n) is 12.2. The Kier molecular flexibility index (Phi) is 10.7. The van der Waals surface area contributed by atoms with Gasteiger partial charge in [0.25, 0.3) is 5.91 Å². The third-order valence-corrected chi connectivity index (χ3v) is 14.5. The molecule has 2 aromatic rings. The smallest absolute Gasteiger partial charge is 0.316 e. The number of hydrogen-bond donors (Lipinski definition) is 2. The Hall–Kier alpha value is -2.89. The van der Waals surface area contributed by atoms with E-state index in [2.05, 4.69) is 37.7 Å². The molecule has 3 aliphatic carbocycles. The second-order valence-corrected chi connectivity index (χ2v) is 18.1. The number of thioether (sulfide) groups is 1. The zero-order chi connectivity index (χ0) is 35.9. The van der Waals surface area contributed by atoms with Gasteiger partial charge in [0.1, 0.15) is 33.3 Å². The third kappa shape index (κ3) is 6.91.